The van der Waals surface area contributed by atoms with E-state index in [0.717, 1.165) is 11.7 Å². The van der Waals surface area contributed by atoms with Gasteiger partial charge in [-0.1, -0.05) is 6.07 Å². The molecule has 2 aromatic rings. The molecule has 1 aliphatic rings. The summed E-state index contributed by atoms with van der Waals surface area (Å²) in [5.74, 6) is 1.54. The van der Waals surface area contributed by atoms with Crippen molar-refractivity contribution in [3.63, 3.8) is 0 Å². The quantitative estimate of drug-likeness (QED) is 0.854. The molecule has 118 valence electrons. The van der Waals surface area contributed by atoms with Gasteiger partial charge in [0, 0.05) is 17.0 Å². The van der Waals surface area contributed by atoms with Crippen molar-refractivity contribution in [1.29, 1.82) is 0 Å². The van der Waals surface area contributed by atoms with E-state index in [1.807, 2.05) is 29.2 Å². The Kier molecular flexibility index (Phi) is 4.59. The Labute approximate surface area is 134 Å². The van der Waals surface area contributed by atoms with E-state index in [9.17, 15) is 4.79 Å². The van der Waals surface area contributed by atoms with E-state index in [4.69, 9.17) is 0 Å². The number of hydrogen-bond acceptors (Lipinski definition) is 4. The van der Waals surface area contributed by atoms with Crippen LogP contribution in [0.5, 0.6) is 0 Å². The van der Waals surface area contributed by atoms with Gasteiger partial charge < -0.3 is 5.32 Å². The predicted octanol–water partition coefficient (Wildman–Crippen LogP) is 2.66. The third-order valence-corrected chi connectivity index (χ3v) is 5.12. The minimum Gasteiger partial charge on any atom is -0.310 e. The van der Waals surface area contributed by atoms with Crippen molar-refractivity contribution in [2.75, 3.05) is 18.9 Å². The van der Waals surface area contributed by atoms with Crippen LogP contribution in [0.3, 0.4) is 0 Å². The van der Waals surface area contributed by atoms with E-state index in [0.29, 0.717) is 19.1 Å². The SMILES string of the molecule is CC(C1CC1)N(C)CC(=O)Nc1ccnn1Cc1cccs1. The van der Waals surface area contributed by atoms with Crippen molar-refractivity contribution in [2.24, 2.45) is 5.92 Å². The first-order chi connectivity index (χ1) is 10.6. The maximum absolute atomic E-state index is 12.2. The molecular weight excluding hydrogens is 296 g/mol. The number of anilines is 1. The van der Waals surface area contributed by atoms with E-state index in [1.165, 1.54) is 17.7 Å². The fourth-order valence-electron chi connectivity index (χ4n) is 2.61. The number of carbonyl (C=O) groups is 1. The molecule has 1 N–H and O–H groups in total. The molecular formula is C16H22N4OS. The summed E-state index contributed by atoms with van der Waals surface area (Å²) in [5, 5.41) is 9.31. The van der Waals surface area contributed by atoms with Crippen LogP contribution in [0, 0.1) is 5.92 Å². The lowest BCUT2D eigenvalue weighted by atomic mass is 10.2. The Morgan fingerprint density at radius 1 is 1.55 bits per heavy atom. The highest BCUT2D eigenvalue weighted by molar-refractivity contribution is 7.09. The Hall–Kier alpha value is -1.66. The summed E-state index contributed by atoms with van der Waals surface area (Å²) in [6.07, 6.45) is 4.31. The van der Waals surface area contributed by atoms with Gasteiger partial charge >= 0.3 is 0 Å². The average molecular weight is 318 g/mol. The zero-order valence-electron chi connectivity index (χ0n) is 13.0. The van der Waals surface area contributed by atoms with Gasteiger partial charge in [0.05, 0.1) is 19.3 Å². The number of thiophene rings is 1. The molecule has 2 aromatic heterocycles. The molecule has 5 nitrogen and oxygen atoms in total. The number of likely N-dealkylation sites (N-methyl/N-ethyl adjacent to an activating group) is 1. The lowest BCUT2D eigenvalue weighted by molar-refractivity contribution is -0.117. The standard InChI is InChI=1S/C16H22N4OS/c1-12(13-5-6-13)19(2)11-16(21)18-15-7-8-17-20(15)10-14-4-3-9-22-14/h3-4,7-9,12-13H,5-6,10-11H2,1-2H3,(H,18,21). The summed E-state index contributed by atoms with van der Waals surface area (Å²) in [6, 6.07) is 6.41. The summed E-state index contributed by atoms with van der Waals surface area (Å²) in [5.41, 5.74) is 0. The summed E-state index contributed by atoms with van der Waals surface area (Å²) in [6.45, 7) is 3.31. The molecule has 6 heteroatoms. The van der Waals surface area contributed by atoms with Gasteiger partial charge in [-0.15, -0.1) is 11.3 Å². The second kappa shape index (κ2) is 6.62. The Morgan fingerprint density at radius 2 is 2.36 bits per heavy atom. The topological polar surface area (TPSA) is 50.2 Å². The monoisotopic (exact) mass is 318 g/mol. The fourth-order valence-corrected chi connectivity index (χ4v) is 3.29. The summed E-state index contributed by atoms with van der Waals surface area (Å²) in [4.78, 5) is 15.6. The second-order valence-electron chi connectivity index (χ2n) is 5.99. The molecule has 1 atom stereocenters. The van der Waals surface area contributed by atoms with Crippen LogP contribution in [0.25, 0.3) is 0 Å². The molecule has 2 heterocycles. The van der Waals surface area contributed by atoms with Crippen molar-refractivity contribution in [3.8, 4) is 0 Å². The van der Waals surface area contributed by atoms with Crippen LogP contribution in [0.2, 0.25) is 0 Å². The normalized spacial score (nSPS) is 16.0. The molecule has 0 spiro atoms. The molecule has 0 aliphatic heterocycles. The fraction of sp³-hybridized carbons (Fsp3) is 0.500. The molecule has 1 saturated carbocycles. The van der Waals surface area contributed by atoms with E-state index in [1.54, 1.807) is 17.5 Å². The van der Waals surface area contributed by atoms with E-state index in [-0.39, 0.29) is 5.91 Å². The third-order valence-electron chi connectivity index (χ3n) is 4.26. The molecule has 1 aliphatic carbocycles. The van der Waals surface area contributed by atoms with Gasteiger partial charge in [0.1, 0.15) is 5.82 Å². The van der Waals surface area contributed by atoms with Gasteiger partial charge in [-0.3, -0.25) is 9.69 Å². The lowest BCUT2D eigenvalue weighted by Crippen LogP contribution is -2.37. The molecule has 0 bridgehead atoms. The van der Waals surface area contributed by atoms with Crippen molar-refractivity contribution in [1.82, 2.24) is 14.7 Å². The Bertz CT molecular complexity index is 618. The van der Waals surface area contributed by atoms with Gasteiger partial charge in [0.2, 0.25) is 5.91 Å². The highest BCUT2D eigenvalue weighted by Gasteiger charge is 2.31. The van der Waals surface area contributed by atoms with Crippen LogP contribution < -0.4 is 5.32 Å². The molecule has 22 heavy (non-hydrogen) atoms. The average Bonchev–Trinajstić information content (AvgIpc) is 3.05. The highest BCUT2D eigenvalue weighted by atomic mass is 32.1. The van der Waals surface area contributed by atoms with Crippen LogP contribution in [-0.2, 0) is 11.3 Å². The highest BCUT2D eigenvalue weighted by Crippen LogP contribution is 2.34. The number of nitrogens with one attached hydrogen (secondary N) is 1. The van der Waals surface area contributed by atoms with Crippen LogP contribution >= 0.6 is 11.3 Å². The number of rotatable bonds is 7. The number of hydrogen-bond donors (Lipinski definition) is 1. The van der Waals surface area contributed by atoms with Crippen molar-refractivity contribution < 1.29 is 4.79 Å². The van der Waals surface area contributed by atoms with Gasteiger partial charge in [-0.25, -0.2) is 4.68 Å². The minimum atomic E-state index is 0.0166. The summed E-state index contributed by atoms with van der Waals surface area (Å²) < 4.78 is 1.83. The zero-order valence-corrected chi connectivity index (χ0v) is 13.8. The Morgan fingerprint density at radius 3 is 3.05 bits per heavy atom. The Balaban J connectivity index is 1.56. The molecule has 0 saturated heterocycles. The van der Waals surface area contributed by atoms with Crippen molar-refractivity contribution >= 4 is 23.1 Å². The summed E-state index contributed by atoms with van der Waals surface area (Å²) >= 11 is 1.69. The molecule has 0 aromatic carbocycles. The number of carbonyl (C=O) groups excluding carboxylic acids is 1. The maximum Gasteiger partial charge on any atom is 0.239 e. The van der Waals surface area contributed by atoms with E-state index < -0.39 is 0 Å². The van der Waals surface area contributed by atoms with Crippen LogP contribution in [0.15, 0.2) is 29.8 Å². The van der Waals surface area contributed by atoms with Crippen LogP contribution in [0.1, 0.15) is 24.6 Å². The third kappa shape index (κ3) is 3.75. The van der Waals surface area contributed by atoms with Gasteiger partial charge in [-0.2, -0.15) is 5.10 Å². The first-order valence-corrected chi connectivity index (χ1v) is 8.55. The van der Waals surface area contributed by atoms with Crippen LogP contribution in [0.4, 0.5) is 5.82 Å². The maximum atomic E-state index is 12.2. The van der Waals surface area contributed by atoms with E-state index in [2.05, 4.69) is 28.3 Å². The molecule has 1 amide bonds. The van der Waals surface area contributed by atoms with Gasteiger partial charge in [0.25, 0.3) is 0 Å². The lowest BCUT2D eigenvalue weighted by Gasteiger charge is -2.23. The second-order valence-corrected chi connectivity index (χ2v) is 7.03. The summed E-state index contributed by atoms with van der Waals surface area (Å²) in [7, 11) is 2.02. The number of nitrogens with zero attached hydrogens (tertiary/aromatic N) is 3. The van der Waals surface area contributed by atoms with Crippen LogP contribution in [-0.4, -0.2) is 40.2 Å². The van der Waals surface area contributed by atoms with Crippen molar-refractivity contribution in [2.45, 2.75) is 32.4 Å². The largest absolute Gasteiger partial charge is 0.310 e. The number of amides is 1. The molecule has 3 rings (SSSR count). The van der Waals surface area contributed by atoms with Gasteiger partial charge in [0.15, 0.2) is 0 Å². The predicted molar refractivity (Wildman–Crippen MR) is 89.1 cm³/mol. The minimum absolute atomic E-state index is 0.0166. The molecule has 1 unspecified atom stereocenters. The van der Waals surface area contributed by atoms with E-state index >= 15 is 0 Å². The first-order valence-electron chi connectivity index (χ1n) is 7.68. The first kappa shape index (κ1) is 15.2. The van der Waals surface area contributed by atoms with Gasteiger partial charge in [-0.05, 0) is 44.2 Å². The molecule has 1 fully saturated rings. The number of aromatic nitrogens is 2. The zero-order chi connectivity index (χ0) is 15.5. The molecule has 0 radical (unpaired) electrons. The van der Waals surface area contributed by atoms with Crippen molar-refractivity contribution in [3.05, 3.63) is 34.7 Å². The smallest absolute Gasteiger partial charge is 0.239 e.